The first kappa shape index (κ1) is 17.9. The van der Waals surface area contributed by atoms with Crippen molar-refractivity contribution >= 4 is 28.3 Å². The van der Waals surface area contributed by atoms with Crippen LogP contribution in [0.15, 0.2) is 6.07 Å². The number of rotatable bonds is 5. The molecule has 2 amide bonds. The van der Waals surface area contributed by atoms with Gasteiger partial charge in [-0.25, -0.2) is 9.97 Å². The maximum atomic E-state index is 12.9. The van der Waals surface area contributed by atoms with Crippen molar-refractivity contribution in [2.24, 2.45) is 5.92 Å². The second-order valence-corrected chi connectivity index (χ2v) is 8.18. The molecule has 1 fully saturated rings. The molecule has 4 rings (SSSR count). The van der Waals surface area contributed by atoms with E-state index in [2.05, 4.69) is 22.2 Å². The van der Waals surface area contributed by atoms with Crippen molar-refractivity contribution in [3.05, 3.63) is 22.9 Å². The van der Waals surface area contributed by atoms with Gasteiger partial charge in [-0.1, -0.05) is 11.3 Å². The lowest BCUT2D eigenvalue weighted by molar-refractivity contribution is -0.114. The van der Waals surface area contributed by atoms with Crippen LogP contribution in [0.2, 0.25) is 0 Å². The molecule has 1 aliphatic carbocycles. The molecule has 1 N–H and O–H groups in total. The fourth-order valence-corrected chi connectivity index (χ4v) is 4.56. The number of amides is 2. The molecule has 0 saturated heterocycles. The van der Waals surface area contributed by atoms with Crippen molar-refractivity contribution in [3.8, 4) is 16.5 Å². The molecule has 1 aliphatic heterocycles. The van der Waals surface area contributed by atoms with Crippen molar-refractivity contribution in [1.29, 1.82) is 0 Å². The Hall–Kier alpha value is -2.48. The van der Waals surface area contributed by atoms with Crippen molar-refractivity contribution < 1.29 is 14.3 Å². The lowest BCUT2D eigenvalue weighted by atomic mass is 10.1. The summed E-state index contributed by atoms with van der Waals surface area (Å²) in [5.74, 6) is 0.794. The minimum Gasteiger partial charge on any atom is -0.480 e. The molecule has 142 valence electrons. The molecule has 2 aliphatic rings. The number of pyridine rings is 1. The molecule has 0 bridgehead atoms. The zero-order valence-corrected chi connectivity index (χ0v) is 16.6. The number of hydrogen-bond acceptors (Lipinski definition) is 6. The van der Waals surface area contributed by atoms with Crippen LogP contribution in [0.1, 0.15) is 48.3 Å². The Morgan fingerprint density at radius 1 is 1.41 bits per heavy atom. The molecule has 2 aromatic heterocycles. The molecule has 0 unspecified atom stereocenters. The summed E-state index contributed by atoms with van der Waals surface area (Å²) in [6.45, 7) is 6.03. The molecule has 8 heteroatoms. The van der Waals surface area contributed by atoms with Crippen LogP contribution in [0.5, 0.6) is 5.88 Å². The molecule has 0 aromatic carbocycles. The molecule has 0 radical (unpaired) electrons. The lowest BCUT2D eigenvalue weighted by Gasteiger charge is -2.23. The first-order chi connectivity index (χ1) is 12.9. The summed E-state index contributed by atoms with van der Waals surface area (Å²) in [5, 5.41) is 3.25. The fraction of sp³-hybridized carbons (Fsp3) is 0.474. The second-order valence-electron chi connectivity index (χ2n) is 7.18. The van der Waals surface area contributed by atoms with Crippen molar-refractivity contribution in [2.45, 2.75) is 46.2 Å². The number of carbonyl (C=O) groups is 2. The normalized spacial score (nSPS) is 17.0. The van der Waals surface area contributed by atoms with Gasteiger partial charge in [-0.15, -0.1) is 0 Å². The highest BCUT2D eigenvalue weighted by atomic mass is 32.1. The highest BCUT2D eigenvalue weighted by Gasteiger charge is 2.40. The molecule has 3 heterocycles. The number of ether oxygens (including phenoxy) is 1. The van der Waals surface area contributed by atoms with Gasteiger partial charge in [0.25, 0.3) is 5.91 Å². The van der Waals surface area contributed by atoms with Gasteiger partial charge in [0, 0.05) is 19.5 Å². The second kappa shape index (κ2) is 6.60. The SMILES string of the molecule is COc1nc(-c2sc(NC(C)=O)nc2C)cc2c1C(=O)N([C@@H](C)C1CC1)C2. The van der Waals surface area contributed by atoms with Crippen molar-refractivity contribution in [2.75, 3.05) is 12.4 Å². The minimum atomic E-state index is -0.162. The summed E-state index contributed by atoms with van der Waals surface area (Å²) < 4.78 is 5.46. The minimum absolute atomic E-state index is 0.000243. The van der Waals surface area contributed by atoms with Crippen LogP contribution in [0.3, 0.4) is 0 Å². The zero-order chi connectivity index (χ0) is 19.3. The van der Waals surface area contributed by atoms with Gasteiger partial charge >= 0.3 is 0 Å². The fourth-order valence-electron chi connectivity index (χ4n) is 3.59. The molecular weight excluding hydrogens is 364 g/mol. The summed E-state index contributed by atoms with van der Waals surface area (Å²) in [6.07, 6.45) is 2.38. The number of fused-ring (bicyclic) bond motifs is 1. The molecule has 2 aromatic rings. The Labute approximate surface area is 161 Å². The van der Waals surface area contributed by atoms with Crippen LogP contribution in [0, 0.1) is 12.8 Å². The third kappa shape index (κ3) is 3.18. The Balaban J connectivity index is 1.72. The summed E-state index contributed by atoms with van der Waals surface area (Å²) >= 11 is 1.37. The van der Waals surface area contributed by atoms with Gasteiger partial charge in [-0.05, 0) is 44.2 Å². The third-order valence-electron chi connectivity index (χ3n) is 5.18. The largest absolute Gasteiger partial charge is 0.480 e. The Bertz CT molecular complexity index is 935. The number of nitrogens with zero attached hydrogens (tertiary/aromatic N) is 3. The van der Waals surface area contributed by atoms with Gasteiger partial charge in [0.05, 0.1) is 23.4 Å². The van der Waals surface area contributed by atoms with E-state index in [1.807, 2.05) is 17.9 Å². The number of aromatic nitrogens is 2. The zero-order valence-electron chi connectivity index (χ0n) is 15.8. The summed E-state index contributed by atoms with van der Waals surface area (Å²) in [5.41, 5.74) is 3.00. The smallest absolute Gasteiger partial charge is 0.260 e. The van der Waals surface area contributed by atoms with Gasteiger partial charge < -0.3 is 15.0 Å². The first-order valence-corrected chi connectivity index (χ1v) is 9.85. The molecule has 7 nitrogen and oxygen atoms in total. The van der Waals surface area contributed by atoms with E-state index in [1.54, 1.807) is 0 Å². The molecule has 1 atom stereocenters. The van der Waals surface area contributed by atoms with Crippen LogP contribution in [-0.2, 0) is 11.3 Å². The van der Waals surface area contributed by atoms with Gasteiger partial charge in [0.1, 0.15) is 5.56 Å². The van der Waals surface area contributed by atoms with Gasteiger partial charge in [-0.2, -0.15) is 0 Å². The average molecular weight is 386 g/mol. The van der Waals surface area contributed by atoms with E-state index in [4.69, 9.17) is 4.74 Å². The molecule has 0 spiro atoms. The summed E-state index contributed by atoms with van der Waals surface area (Å²) in [6, 6.07) is 2.18. The van der Waals surface area contributed by atoms with E-state index in [-0.39, 0.29) is 17.9 Å². The van der Waals surface area contributed by atoms with Crippen LogP contribution in [0.25, 0.3) is 10.6 Å². The average Bonchev–Trinajstić information content (AvgIpc) is 3.33. The molecule has 27 heavy (non-hydrogen) atoms. The number of nitrogens with one attached hydrogen (secondary N) is 1. The van der Waals surface area contributed by atoms with Crippen LogP contribution < -0.4 is 10.1 Å². The molecular formula is C19H22N4O3S. The van der Waals surface area contributed by atoms with E-state index in [0.29, 0.717) is 34.7 Å². The number of anilines is 1. The van der Waals surface area contributed by atoms with E-state index in [1.165, 1.54) is 38.2 Å². The maximum Gasteiger partial charge on any atom is 0.260 e. The predicted molar refractivity (Wildman–Crippen MR) is 103 cm³/mol. The standard InChI is InChI=1S/C19H22N4O3S/c1-9-16(27-19(20-9)21-11(3)24)14-7-13-8-23(10(2)12-5-6-12)18(25)15(13)17(22-14)26-4/h7,10,12H,5-6,8H2,1-4H3,(H,20,21,24)/t10-/m0/s1. The maximum absolute atomic E-state index is 12.9. The quantitative estimate of drug-likeness (QED) is 0.853. The third-order valence-corrected chi connectivity index (χ3v) is 6.28. The van der Waals surface area contributed by atoms with Gasteiger partial charge in [-0.3, -0.25) is 9.59 Å². The lowest BCUT2D eigenvalue weighted by Crippen LogP contribution is -2.34. The summed E-state index contributed by atoms with van der Waals surface area (Å²) in [7, 11) is 1.54. The monoisotopic (exact) mass is 386 g/mol. The first-order valence-electron chi connectivity index (χ1n) is 9.03. The summed E-state index contributed by atoms with van der Waals surface area (Å²) in [4.78, 5) is 36.0. The van der Waals surface area contributed by atoms with Crippen molar-refractivity contribution in [1.82, 2.24) is 14.9 Å². The number of hydrogen-bond donors (Lipinski definition) is 1. The number of aryl methyl sites for hydroxylation is 1. The van der Waals surface area contributed by atoms with E-state index in [9.17, 15) is 9.59 Å². The Morgan fingerprint density at radius 3 is 2.78 bits per heavy atom. The topological polar surface area (TPSA) is 84.4 Å². The Morgan fingerprint density at radius 2 is 2.15 bits per heavy atom. The van der Waals surface area contributed by atoms with Crippen LogP contribution in [0.4, 0.5) is 5.13 Å². The number of thiazole rings is 1. The Kier molecular flexibility index (Phi) is 4.38. The highest BCUT2D eigenvalue weighted by Crippen LogP contribution is 2.41. The number of carbonyl (C=O) groups excluding carboxylic acids is 2. The van der Waals surface area contributed by atoms with E-state index < -0.39 is 0 Å². The van der Waals surface area contributed by atoms with Crippen LogP contribution in [-0.4, -0.2) is 39.8 Å². The van der Waals surface area contributed by atoms with Crippen molar-refractivity contribution in [3.63, 3.8) is 0 Å². The predicted octanol–water partition coefficient (Wildman–Crippen LogP) is 3.23. The van der Waals surface area contributed by atoms with E-state index >= 15 is 0 Å². The van der Waals surface area contributed by atoms with Gasteiger partial charge in [0.15, 0.2) is 5.13 Å². The number of methoxy groups -OCH3 is 1. The van der Waals surface area contributed by atoms with Gasteiger partial charge in [0.2, 0.25) is 11.8 Å². The highest BCUT2D eigenvalue weighted by molar-refractivity contribution is 7.19. The van der Waals surface area contributed by atoms with E-state index in [0.717, 1.165) is 16.1 Å². The molecule has 1 saturated carbocycles. The van der Waals surface area contributed by atoms with Crippen LogP contribution >= 0.6 is 11.3 Å².